The minimum atomic E-state index is 0.310. The van der Waals surface area contributed by atoms with Crippen LogP contribution in [0.5, 0.6) is 0 Å². The highest BCUT2D eigenvalue weighted by atomic mass is 15.4. The second kappa shape index (κ2) is 5.72. The molecule has 0 saturated carbocycles. The number of aromatic nitrogens is 3. The van der Waals surface area contributed by atoms with Gasteiger partial charge in [-0.05, 0) is 39.8 Å². The topological polar surface area (TPSA) is 28.2 Å². The molecule has 122 valence electrons. The molecule has 3 rings (SSSR count). The number of imidazole rings is 1. The third kappa shape index (κ3) is 2.50. The van der Waals surface area contributed by atoms with Gasteiger partial charge in [0.2, 0.25) is 0 Å². The van der Waals surface area contributed by atoms with Crippen LogP contribution in [0.15, 0.2) is 36.8 Å². The number of hydrogen-bond donors (Lipinski definition) is 0. The molecule has 0 amide bonds. The Bertz CT molecular complexity index is 744. The van der Waals surface area contributed by atoms with Gasteiger partial charge in [0.25, 0.3) is 5.82 Å². The minimum Gasteiger partial charge on any atom is -0.334 e. The minimum absolute atomic E-state index is 0.310. The largest absolute Gasteiger partial charge is 0.334 e. The summed E-state index contributed by atoms with van der Waals surface area (Å²) >= 11 is 0. The predicted octanol–water partition coefficient (Wildman–Crippen LogP) is 2.57. The normalized spacial score (nSPS) is 17.6. The Morgan fingerprint density at radius 2 is 1.96 bits per heavy atom. The van der Waals surface area contributed by atoms with Crippen molar-refractivity contribution in [3.8, 4) is 11.4 Å². The van der Waals surface area contributed by atoms with Gasteiger partial charge in [0.05, 0.1) is 13.2 Å². The van der Waals surface area contributed by atoms with Crippen LogP contribution < -0.4 is 9.47 Å². The third-order valence-corrected chi connectivity index (χ3v) is 4.78. The van der Waals surface area contributed by atoms with E-state index < -0.39 is 0 Å². The van der Waals surface area contributed by atoms with Gasteiger partial charge in [-0.2, -0.15) is 0 Å². The van der Waals surface area contributed by atoms with Crippen LogP contribution in [-0.4, -0.2) is 26.7 Å². The molecule has 0 radical (unpaired) electrons. The zero-order valence-corrected chi connectivity index (χ0v) is 14.9. The molecule has 23 heavy (non-hydrogen) atoms. The second-order valence-corrected chi connectivity index (χ2v) is 6.46. The van der Waals surface area contributed by atoms with E-state index in [0.29, 0.717) is 12.2 Å². The average Bonchev–Trinajstić information content (AvgIpc) is 3.04. The van der Waals surface area contributed by atoms with Crippen LogP contribution in [0.25, 0.3) is 11.4 Å². The van der Waals surface area contributed by atoms with Gasteiger partial charge in [-0.1, -0.05) is 0 Å². The van der Waals surface area contributed by atoms with Gasteiger partial charge in [-0.25, -0.2) is 14.5 Å². The van der Waals surface area contributed by atoms with Crippen molar-refractivity contribution in [2.24, 2.45) is 14.1 Å². The average molecular weight is 312 g/mol. The van der Waals surface area contributed by atoms with E-state index in [4.69, 9.17) is 0 Å². The van der Waals surface area contributed by atoms with E-state index in [1.54, 1.807) is 0 Å². The molecule has 0 aromatic carbocycles. The number of pyridine rings is 1. The zero-order valence-electron chi connectivity index (χ0n) is 14.9. The van der Waals surface area contributed by atoms with Crippen LogP contribution in [0, 0.1) is 6.92 Å². The lowest BCUT2D eigenvalue weighted by Crippen LogP contribution is -2.45. The van der Waals surface area contributed by atoms with Gasteiger partial charge >= 0.3 is 0 Å². The highest BCUT2D eigenvalue weighted by molar-refractivity contribution is 5.53. The number of anilines is 1. The van der Waals surface area contributed by atoms with Crippen molar-refractivity contribution >= 4 is 5.82 Å². The van der Waals surface area contributed by atoms with Crippen LogP contribution in [0.4, 0.5) is 5.82 Å². The van der Waals surface area contributed by atoms with E-state index in [1.807, 2.05) is 13.1 Å². The van der Waals surface area contributed by atoms with Gasteiger partial charge in [0.15, 0.2) is 11.9 Å². The van der Waals surface area contributed by atoms with Crippen LogP contribution in [0.1, 0.15) is 26.6 Å². The summed E-state index contributed by atoms with van der Waals surface area (Å²) in [5.41, 5.74) is 2.29. The van der Waals surface area contributed by atoms with Gasteiger partial charge < -0.3 is 9.47 Å². The van der Waals surface area contributed by atoms with E-state index in [9.17, 15) is 0 Å². The highest BCUT2D eigenvalue weighted by Gasteiger charge is 2.33. The molecule has 1 aliphatic heterocycles. The summed E-state index contributed by atoms with van der Waals surface area (Å²) in [6.07, 6.45) is 6.59. The first-order valence-corrected chi connectivity index (χ1v) is 8.13. The van der Waals surface area contributed by atoms with E-state index in [1.165, 1.54) is 5.82 Å². The van der Waals surface area contributed by atoms with Gasteiger partial charge in [0.1, 0.15) is 17.7 Å². The Morgan fingerprint density at radius 1 is 1.22 bits per heavy atom. The Morgan fingerprint density at radius 3 is 2.52 bits per heavy atom. The fourth-order valence-corrected chi connectivity index (χ4v) is 3.24. The molecule has 1 atom stereocenters. The Kier molecular flexibility index (Phi) is 3.88. The van der Waals surface area contributed by atoms with Crippen molar-refractivity contribution in [3.63, 3.8) is 0 Å². The van der Waals surface area contributed by atoms with E-state index in [2.05, 4.69) is 89.4 Å². The number of hydrogen-bond acceptors (Lipinski definition) is 3. The summed E-state index contributed by atoms with van der Waals surface area (Å²) in [6, 6.07) is 6.91. The van der Waals surface area contributed by atoms with E-state index >= 15 is 0 Å². The zero-order chi connectivity index (χ0) is 16.7. The molecule has 0 bridgehead atoms. The monoisotopic (exact) mass is 312 g/mol. The lowest BCUT2D eigenvalue weighted by molar-refractivity contribution is -0.647. The smallest absolute Gasteiger partial charge is 0.283 e. The molecule has 0 unspecified atom stereocenters. The Labute approximate surface area is 138 Å². The summed E-state index contributed by atoms with van der Waals surface area (Å²) < 4.78 is 4.36. The van der Waals surface area contributed by atoms with Crippen molar-refractivity contribution in [2.45, 2.75) is 39.9 Å². The van der Waals surface area contributed by atoms with Crippen molar-refractivity contribution in [1.29, 1.82) is 0 Å². The first kappa shape index (κ1) is 15.6. The van der Waals surface area contributed by atoms with Crippen LogP contribution in [-0.2, 0) is 14.1 Å². The molecule has 5 nitrogen and oxygen atoms in total. The fraction of sp³-hybridized carbons (Fsp3) is 0.444. The summed E-state index contributed by atoms with van der Waals surface area (Å²) in [4.78, 5) is 9.10. The molecule has 2 aromatic heterocycles. The number of nitrogens with zero attached hydrogens (tertiary/aromatic N) is 5. The molecular formula is C18H26N5+. The number of rotatable bonds is 3. The summed E-state index contributed by atoms with van der Waals surface area (Å²) in [7, 11) is 4.18. The Balaban J connectivity index is 2.02. The molecule has 2 aromatic rings. The maximum absolute atomic E-state index is 4.42. The molecule has 3 heterocycles. The molecule has 5 heteroatoms. The molecular weight excluding hydrogens is 286 g/mol. The van der Waals surface area contributed by atoms with Crippen molar-refractivity contribution in [1.82, 2.24) is 14.5 Å². The van der Waals surface area contributed by atoms with Crippen LogP contribution in [0.2, 0.25) is 0 Å². The lowest BCUT2D eigenvalue weighted by atomic mass is 10.2. The van der Waals surface area contributed by atoms with Gasteiger partial charge in [0, 0.05) is 25.4 Å². The SMILES string of the molecule is Cc1ncc(-c2cccc(N3C=CN(C(C)C)[C@H]3C)[n+]2C)n1C. The number of aryl methyl sites for hydroxylation is 1. The van der Waals surface area contributed by atoms with E-state index in [-0.39, 0.29) is 0 Å². The highest BCUT2D eigenvalue weighted by Crippen LogP contribution is 2.25. The first-order valence-electron chi connectivity index (χ1n) is 8.13. The molecule has 0 aliphatic carbocycles. The molecule has 1 aliphatic rings. The Hall–Kier alpha value is -2.30. The molecule has 0 N–H and O–H groups in total. The summed E-state index contributed by atoms with van der Waals surface area (Å²) in [6.45, 7) is 8.71. The summed E-state index contributed by atoms with van der Waals surface area (Å²) in [5, 5.41) is 0. The fourth-order valence-electron chi connectivity index (χ4n) is 3.24. The predicted molar refractivity (Wildman–Crippen MR) is 92.6 cm³/mol. The molecule has 0 spiro atoms. The second-order valence-electron chi connectivity index (χ2n) is 6.46. The maximum Gasteiger partial charge on any atom is 0.283 e. The van der Waals surface area contributed by atoms with Gasteiger partial charge in [-0.15, -0.1) is 0 Å². The third-order valence-electron chi connectivity index (χ3n) is 4.78. The van der Waals surface area contributed by atoms with Crippen LogP contribution in [0.3, 0.4) is 0 Å². The standard InChI is InChI=1S/C18H26N5/c1-13(2)22-10-11-23(15(22)4)18-9-7-8-16(21(18)6)17-12-19-14(3)20(17)5/h7-13,15H,1-6H3/q+1/t15-/m1/s1. The van der Waals surface area contributed by atoms with Crippen molar-refractivity contribution < 1.29 is 4.57 Å². The quantitative estimate of drug-likeness (QED) is 0.816. The molecule has 0 saturated heterocycles. The summed E-state index contributed by atoms with van der Waals surface area (Å²) in [5.74, 6) is 2.19. The maximum atomic E-state index is 4.42. The first-order chi connectivity index (χ1) is 10.9. The van der Waals surface area contributed by atoms with Crippen molar-refractivity contribution in [2.75, 3.05) is 4.90 Å². The lowest BCUT2D eigenvalue weighted by Gasteiger charge is -2.28. The van der Waals surface area contributed by atoms with Gasteiger partial charge in [-0.3, -0.25) is 0 Å². The van der Waals surface area contributed by atoms with E-state index in [0.717, 1.165) is 17.2 Å². The van der Waals surface area contributed by atoms with Crippen LogP contribution >= 0.6 is 0 Å². The van der Waals surface area contributed by atoms with Crippen molar-refractivity contribution in [3.05, 3.63) is 42.6 Å². The molecule has 0 fully saturated rings.